The molecule has 0 N–H and O–H groups in total. The summed E-state index contributed by atoms with van der Waals surface area (Å²) in [6.07, 6.45) is 3.40. The summed E-state index contributed by atoms with van der Waals surface area (Å²) in [6, 6.07) is 10.1. The van der Waals surface area contributed by atoms with Gasteiger partial charge in [-0.05, 0) is 52.7 Å². The van der Waals surface area contributed by atoms with Crippen LogP contribution in [0.1, 0.15) is 18.1 Å². The molecule has 1 heterocycles. The fourth-order valence-electron chi connectivity index (χ4n) is 2.78. The maximum atomic E-state index is 13.9. The summed E-state index contributed by atoms with van der Waals surface area (Å²) in [5.41, 5.74) is 1.20. The molecular weight excluding hydrogens is 489 g/mol. The highest BCUT2D eigenvalue weighted by Crippen LogP contribution is 2.39. The highest BCUT2D eigenvalue weighted by Gasteiger charge is 2.31. The van der Waals surface area contributed by atoms with Crippen LogP contribution in [0.25, 0.3) is 6.08 Å². The van der Waals surface area contributed by atoms with E-state index in [4.69, 9.17) is 21.7 Å². The summed E-state index contributed by atoms with van der Waals surface area (Å²) in [6.45, 7) is 6.38. The molecule has 0 aliphatic carbocycles. The van der Waals surface area contributed by atoms with Gasteiger partial charge in [0.2, 0.25) is 0 Å². The van der Waals surface area contributed by atoms with Gasteiger partial charge in [-0.15, -0.1) is 6.58 Å². The maximum absolute atomic E-state index is 13.9. The Labute approximate surface area is 192 Å². The summed E-state index contributed by atoms with van der Waals surface area (Å²) in [5.74, 6) is 0.483. The normalized spacial score (nSPS) is 15.0. The average Bonchev–Trinajstić information content (AvgIpc) is 2.96. The predicted molar refractivity (Wildman–Crippen MR) is 126 cm³/mol. The molecule has 1 aliphatic rings. The number of rotatable bonds is 8. The Morgan fingerprint density at radius 3 is 2.77 bits per heavy atom. The van der Waals surface area contributed by atoms with Gasteiger partial charge in [-0.3, -0.25) is 9.69 Å². The molecule has 0 saturated carbocycles. The van der Waals surface area contributed by atoms with E-state index in [-0.39, 0.29) is 18.3 Å². The maximum Gasteiger partial charge on any atom is 0.266 e. The third-order valence-corrected chi connectivity index (χ3v) is 6.11. The number of thiocarbonyl (C=S) groups is 1. The van der Waals surface area contributed by atoms with Crippen LogP contribution < -0.4 is 9.47 Å². The van der Waals surface area contributed by atoms with Gasteiger partial charge in [-0.2, -0.15) is 0 Å². The van der Waals surface area contributed by atoms with Gasteiger partial charge in [0.25, 0.3) is 5.91 Å². The second-order valence-electron chi connectivity index (χ2n) is 6.22. The first-order valence-electron chi connectivity index (χ1n) is 9.13. The minimum Gasteiger partial charge on any atom is -0.490 e. The number of nitrogens with zero attached hydrogens (tertiary/aromatic N) is 1. The number of carbonyl (C=O) groups excluding carboxylic acids is 1. The van der Waals surface area contributed by atoms with Crippen molar-refractivity contribution in [1.29, 1.82) is 0 Å². The fraction of sp³-hybridized carbons (Fsp3) is 0.182. The van der Waals surface area contributed by atoms with Crippen LogP contribution in [0.3, 0.4) is 0 Å². The van der Waals surface area contributed by atoms with E-state index in [0.29, 0.717) is 43.9 Å². The van der Waals surface area contributed by atoms with Crippen LogP contribution in [0.5, 0.6) is 11.5 Å². The standard InChI is InChI=1S/C22H19BrFNO3S2/c1-3-9-25-21(26)19(30-22(25)29)12-14-10-16(23)20(18(11-14)27-4-2)28-13-15-7-5-6-8-17(15)24/h3,5-8,10-12H,1,4,9,13H2,2H3/b19-12+. The summed E-state index contributed by atoms with van der Waals surface area (Å²) in [7, 11) is 0. The number of hydrogen-bond acceptors (Lipinski definition) is 5. The monoisotopic (exact) mass is 507 g/mol. The molecule has 1 saturated heterocycles. The van der Waals surface area contributed by atoms with Crippen molar-refractivity contribution in [2.24, 2.45) is 0 Å². The van der Waals surface area contributed by atoms with E-state index in [1.807, 2.05) is 13.0 Å². The van der Waals surface area contributed by atoms with Crippen molar-refractivity contribution >= 4 is 56.2 Å². The van der Waals surface area contributed by atoms with Gasteiger partial charge in [-0.25, -0.2) is 4.39 Å². The Kier molecular flexibility index (Phi) is 7.69. The van der Waals surface area contributed by atoms with Crippen LogP contribution in [0.15, 0.2) is 58.4 Å². The van der Waals surface area contributed by atoms with Crippen LogP contribution in [0, 0.1) is 5.82 Å². The van der Waals surface area contributed by atoms with Crippen LogP contribution in [0.2, 0.25) is 0 Å². The largest absolute Gasteiger partial charge is 0.490 e. The highest BCUT2D eigenvalue weighted by molar-refractivity contribution is 9.10. The molecule has 30 heavy (non-hydrogen) atoms. The molecule has 8 heteroatoms. The Bertz CT molecular complexity index is 1030. The topological polar surface area (TPSA) is 38.8 Å². The Morgan fingerprint density at radius 1 is 1.30 bits per heavy atom. The fourth-order valence-corrected chi connectivity index (χ4v) is 4.63. The molecule has 1 aliphatic heterocycles. The average molecular weight is 508 g/mol. The molecule has 2 aromatic rings. The zero-order valence-electron chi connectivity index (χ0n) is 16.2. The van der Waals surface area contributed by atoms with Crippen LogP contribution >= 0.6 is 39.9 Å². The Morgan fingerprint density at radius 2 is 2.07 bits per heavy atom. The second-order valence-corrected chi connectivity index (χ2v) is 8.75. The van der Waals surface area contributed by atoms with Crippen LogP contribution in [-0.2, 0) is 11.4 Å². The van der Waals surface area contributed by atoms with E-state index in [1.165, 1.54) is 22.7 Å². The molecule has 0 radical (unpaired) electrons. The minimum absolute atomic E-state index is 0.0604. The number of carbonyl (C=O) groups is 1. The van der Waals surface area contributed by atoms with Gasteiger partial charge >= 0.3 is 0 Å². The van der Waals surface area contributed by atoms with Crippen molar-refractivity contribution in [3.63, 3.8) is 0 Å². The number of thioether (sulfide) groups is 1. The molecular formula is C22H19BrFNO3S2. The number of hydrogen-bond donors (Lipinski definition) is 0. The van der Waals surface area contributed by atoms with Crippen molar-refractivity contribution in [1.82, 2.24) is 4.90 Å². The lowest BCUT2D eigenvalue weighted by Crippen LogP contribution is -2.27. The van der Waals surface area contributed by atoms with E-state index in [2.05, 4.69) is 22.5 Å². The lowest BCUT2D eigenvalue weighted by atomic mass is 10.1. The first-order chi connectivity index (χ1) is 14.4. The number of ether oxygens (including phenoxy) is 2. The molecule has 0 atom stereocenters. The van der Waals surface area contributed by atoms with Crippen molar-refractivity contribution in [3.05, 3.63) is 75.4 Å². The van der Waals surface area contributed by atoms with E-state index >= 15 is 0 Å². The summed E-state index contributed by atoms with van der Waals surface area (Å²) < 4.78 is 26.6. The molecule has 0 spiro atoms. The van der Waals surface area contributed by atoms with E-state index in [9.17, 15) is 9.18 Å². The molecule has 0 aromatic heterocycles. The van der Waals surface area contributed by atoms with Crippen molar-refractivity contribution in [2.75, 3.05) is 13.2 Å². The molecule has 156 valence electrons. The smallest absolute Gasteiger partial charge is 0.266 e. The lowest BCUT2D eigenvalue weighted by molar-refractivity contribution is -0.121. The van der Waals surface area contributed by atoms with Crippen LogP contribution in [-0.4, -0.2) is 28.3 Å². The lowest BCUT2D eigenvalue weighted by Gasteiger charge is -2.15. The van der Waals surface area contributed by atoms with Crippen LogP contribution in [0.4, 0.5) is 4.39 Å². The molecule has 2 aromatic carbocycles. The molecule has 0 unspecified atom stereocenters. The third-order valence-electron chi connectivity index (χ3n) is 4.14. The highest BCUT2D eigenvalue weighted by atomic mass is 79.9. The van der Waals surface area contributed by atoms with Gasteiger partial charge in [0.05, 0.1) is 16.0 Å². The van der Waals surface area contributed by atoms with Gasteiger partial charge in [-0.1, -0.05) is 48.3 Å². The quantitative estimate of drug-likeness (QED) is 0.250. The molecule has 3 rings (SSSR count). The Hall–Kier alpha value is -2.16. The number of benzene rings is 2. The predicted octanol–water partition coefficient (Wildman–Crippen LogP) is 5.95. The van der Waals surface area contributed by atoms with E-state index < -0.39 is 0 Å². The second kappa shape index (κ2) is 10.2. The van der Waals surface area contributed by atoms with E-state index in [1.54, 1.807) is 36.4 Å². The van der Waals surface area contributed by atoms with Crippen molar-refractivity contribution in [2.45, 2.75) is 13.5 Å². The van der Waals surface area contributed by atoms with Gasteiger partial charge in [0.1, 0.15) is 16.7 Å². The molecule has 1 amide bonds. The molecule has 0 bridgehead atoms. The van der Waals surface area contributed by atoms with Gasteiger partial charge in [0, 0.05) is 12.1 Å². The summed E-state index contributed by atoms with van der Waals surface area (Å²) >= 11 is 10.0. The third kappa shape index (κ3) is 5.11. The molecule has 4 nitrogen and oxygen atoms in total. The molecule has 1 fully saturated rings. The first kappa shape index (κ1) is 22.5. The summed E-state index contributed by atoms with van der Waals surface area (Å²) in [5, 5.41) is 0. The van der Waals surface area contributed by atoms with Crippen molar-refractivity contribution in [3.8, 4) is 11.5 Å². The van der Waals surface area contributed by atoms with Crippen molar-refractivity contribution < 1.29 is 18.7 Å². The van der Waals surface area contributed by atoms with E-state index in [0.717, 1.165) is 5.56 Å². The first-order valence-corrected chi connectivity index (χ1v) is 11.1. The number of amides is 1. The summed E-state index contributed by atoms with van der Waals surface area (Å²) in [4.78, 5) is 14.6. The minimum atomic E-state index is -0.329. The zero-order valence-corrected chi connectivity index (χ0v) is 19.4. The zero-order chi connectivity index (χ0) is 21.7. The number of halogens is 2. The van der Waals surface area contributed by atoms with Gasteiger partial charge in [0.15, 0.2) is 11.5 Å². The Balaban J connectivity index is 1.88. The van der Waals surface area contributed by atoms with Gasteiger partial charge < -0.3 is 9.47 Å². The SMILES string of the molecule is C=CCN1C(=O)/C(=C\c2cc(Br)c(OCc3ccccc3F)c(OCC)c2)SC1=S.